The number of nitrogens with two attached hydrogens (primary N) is 1. The Kier molecular flexibility index (Phi) is 7.86. The van der Waals surface area contributed by atoms with Crippen LogP contribution in [0.4, 0.5) is 9.18 Å². The van der Waals surface area contributed by atoms with Crippen LogP contribution in [0, 0.1) is 17.2 Å². The van der Waals surface area contributed by atoms with Crippen molar-refractivity contribution >= 4 is 35.2 Å². The Hall–Kier alpha value is -1.57. The molecule has 0 radical (unpaired) electrons. The maximum Gasteiger partial charge on any atom is 0.407 e. The van der Waals surface area contributed by atoms with Crippen LogP contribution in [0.1, 0.15) is 77.8 Å². The summed E-state index contributed by atoms with van der Waals surface area (Å²) in [7, 11) is 0. The van der Waals surface area contributed by atoms with Crippen molar-refractivity contribution in [2.45, 2.75) is 89.9 Å². The largest absolute Gasteiger partial charge is 0.444 e. The molecule has 2 amide bonds. The zero-order valence-electron chi connectivity index (χ0n) is 19.6. The number of nitrogens with one attached hydrogen (secondary N) is 2. The minimum atomic E-state index is -0.631. The third kappa shape index (κ3) is 6.11. The molecule has 0 saturated heterocycles. The van der Waals surface area contributed by atoms with E-state index in [2.05, 4.69) is 17.6 Å². The number of ether oxygens (including phenoxy) is 1. The first kappa shape index (κ1) is 26.0. The van der Waals surface area contributed by atoms with E-state index in [0.29, 0.717) is 12.8 Å². The number of rotatable bonds is 5. The van der Waals surface area contributed by atoms with Gasteiger partial charge in [-0.3, -0.25) is 4.79 Å². The molecule has 6 nitrogen and oxygen atoms in total. The summed E-state index contributed by atoms with van der Waals surface area (Å²) in [5.41, 5.74) is 5.48. The van der Waals surface area contributed by atoms with Crippen LogP contribution in [0.5, 0.6) is 0 Å². The predicted octanol–water partition coefficient (Wildman–Crippen LogP) is 5.50. The highest BCUT2D eigenvalue weighted by atomic mass is 35.5. The van der Waals surface area contributed by atoms with Crippen LogP contribution in [0.3, 0.4) is 0 Å². The third-order valence-corrected chi connectivity index (χ3v) is 7.60. The molecule has 1 aromatic rings. The second-order valence-corrected chi connectivity index (χ2v) is 11.4. The van der Waals surface area contributed by atoms with Crippen molar-refractivity contribution in [1.29, 1.82) is 0 Å². The summed E-state index contributed by atoms with van der Waals surface area (Å²) in [6, 6.07) is 1.31. The molecule has 4 N–H and O–H groups in total. The van der Waals surface area contributed by atoms with Crippen LogP contribution in [0.15, 0.2) is 12.1 Å². The molecule has 2 aliphatic rings. The molecule has 9 heteroatoms. The summed E-state index contributed by atoms with van der Waals surface area (Å²) in [5, 5.41) is 6.23. The monoisotopic (exact) mass is 501 g/mol. The zero-order chi connectivity index (χ0) is 24.6. The molecule has 0 heterocycles. The Labute approximate surface area is 205 Å². The van der Waals surface area contributed by atoms with Crippen LogP contribution in [-0.4, -0.2) is 29.7 Å². The molecule has 2 fully saturated rings. The van der Waals surface area contributed by atoms with Gasteiger partial charge in [0.2, 0.25) is 5.91 Å². The van der Waals surface area contributed by atoms with E-state index in [1.807, 2.05) is 0 Å². The first-order valence-corrected chi connectivity index (χ1v) is 12.3. The lowest BCUT2D eigenvalue weighted by Gasteiger charge is -2.36. The SMILES string of the molecule is CC(C)(C)OC(=O)N[C@@H]1CC(C(=O)N[C@H](c2c(F)ccc(Cl)c2Cl)C2(C)CCCC2)C[C@@H]1N. The van der Waals surface area contributed by atoms with E-state index in [0.717, 1.165) is 25.7 Å². The molecule has 0 aromatic heterocycles. The number of amides is 2. The van der Waals surface area contributed by atoms with Crippen molar-refractivity contribution in [2.75, 3.05) is 0 Å². The van der Waals surface area contributed by atoms with E-state index >= 15 is 0 Å². The van der Waals surface area contributed by atoms with E-state index in [4.69, 9.17) is 33.7 Å². The molecule has 2 aliphatic carbocycles. The summed E-state index contributed by atoms with van der Waals surface area (Å²) in [6.45, 7) is 7.39. The highest BCUT2D eigenvalue weighted by Crippen LogP contribution is 2.50. The van der Waals surface area contributed by atoms with Gasteiger partial charge in [0, 0.05) is 23.6 Å². The first-order chi connectivity index (χ1) is 15.3. The third-order valence-electron chi connectivity index (χ3n) is 6.78. The van der Waals surface area contributed by atoms with Gasteiger partial charge in [-0.2, -0.15) is 0 Å². The standard InChI is InChI=1S/C24H34Cl2FN3O3/c1-23(2,3)33-22(32)29-17-12-13(11-16(17)28)21(31)30-20(24(4)9-5-6-10-24)18-15(27)8-7-14(25)19(18)26/h7-8,13,16-17,20H,5-6,9-12,28H2,1-4H3,(H,29,32)(H,30,31)/t13?,16-,17+,20+/m0/s1. The predicted molar refractivity (Wildman–Crippen MR) is 128 cm³/mol. The van der Waals surface area contributed by atoms with E-state index < -0.39 is 29.5 Å². The van der Waals surface area contributed by atoms with Gasteiger partial charge >= 0.3 is 6.09 Å². The van der Waals surface area contributed by atoms with Crippen molar-refractivity contribution in [3.63, 3.8) is 0 Å². The summed E-state index contributed by atoms with van der Waals surface area (Å²) in [6.07, 6.45) is 3.90. The van der Waals surface area contributed by atoms with Gasteiger partial charge in [-0.05, 0) is 64.0 Å². The van der Waals surface area contributed by atoms with E-state index in [-0.39, 0.29) is 39.0 Å². The van der Waals surface area contributed by atoms with Crippen molar-refractivity contribution in [3.8, 4) is 0 Å². The summed E-state index contributed by atoms with van der Waals surface area (Å²) >= 11 is 12.6. The average molecular weight is 502 g/mol. The summed E-state index contributed by atoms with van der Waals surface area (Å²) < 4.78 is 20.3. The van der Waals surface area contributed by atoms with Gasteiger partial charge in [0.1, 0.15) is 11.4 Å². The number of benzene rings is 1. The number of hydrogen-bond acceptors (Lipinski definition) is 4. The normalized spacial score (nSPS) is 25.5. The quantitative estimate of drug-likeness (QED) is 0.464. The maximum absolute atomic E-state index is 15.0. The van der Waals surface area contributed by atoms with Gasteiger partial charge in [-0.25, -0.2) is 9.18 Å². The molecule has 2 saturated carbocycles. The van der Waals surface area contributed by atoms with Crippen molar-refractivity contribution < 1.29 is 18.7 Å². The fourth-order valence-electron chi connectivity index (χ4n) is 5.04. The number of carbonyl (C=O) groups is 2. The number of hydrogen-bond donors (Lipinski definition) is 3. The molecule has 1 aromatic carbocycles. The van der Waals surface area contributed by atoms with Crippen molar-refractivity contribution in [1.82, 2.24) is 10.6 Å². The van der Waals surface area contributed by atoms with E-state index in [1.54, 1.807) is 20.8 Å². The van der Waals surface area contributed by atoms with Crippen LogP contribution < -0.4 is 16.4 Å². The topological polar surface area (TPSA) is 93.4 Å². The number of alkyl carbamates (subject to hydrolysis) is 1. The van der Waals surface area contributed by atoms with Crippen LogP contribution in [0.2, 0.25) is 10.0 Å². The van der Waals surface area contributed by atoms with Crippen LogP contribution >= 0.6 is 23.2 Å². The number of halogens is 3. The molecular formula is C24H34Cl2FN3O3. The summed E-state index contributed by atoms with van der Waals surface area (Å²) in [5.74, 6) is -1.14. The second kappa shape index (κ2) is 9.96. The fraction of sp³-hybridized carbons (Fsp3) is 0.667. The summed E-state index contributed by atoms with van der Waals surface area (Å²) in [4.78, 5) is 25.5. The Morgan fingerprint density at radius 1 is 1.21 bits per heavy atom. The molecule has 33 heavy (non-hydrogen) atoms. The molecule has 184 valence electrons. The van der Waals surface area contributed by atoms with Gasteiger partial charge in [-0.1, -0.05) is 43.0 Å². The van der Waals surface area contributed by atoms with Gasteiger partial charge in [0.05, 0.1) is 16.1 Å². The Morgan fingerprint density at radius 2 is 1.85 bits per heavy atom. The number of carbonyl (C=O) groups excluding carboxylic acids is 2. The highest BCUT2D eigenvalue weighted by Gasteiger charge is 2.44. The van der Waals surface area contributed by atoms with Crippen LogP contribution in [-0.2, 0) is 9.53 Å². The van der Waals surface area contributed by atoms with Crippen molar-refractivity contribution in [3.05, 3.63) is 33.6 Å². The molecule has 4 atom stereocenters. The van der Waals surface area contributed by atoms with Gasteiger partial charge in [0.25, 0.3) is 0 Å². The molecule has 0 aliphatic heterocycles. The maximum atomic E-state index is 15.0. The molecule has 0 bridgehead atoms. The van der Waals surface area contributed by atoms with Crippen LogP contribution in [0.25, 0.3) is 0 Å². The highest BCUT2D eigenvalue weighted by molar-refractivity contribution is 6.42. The molecule has 1 unspecified atom stereocenters. The Bertz CT molecular complexity index is 900. The lowest BCUT2D eigenvalue weighted by molar-refractivity contribution is -0.126. The van der Waals surface area contributed by atoms with Gasteiger partial charge in [-0.15, -0.1) is 0 Å². The average Bonchev–Trinajstić information content (AvgIpc) is 3.29. The lowest BCUT2D eigenvalue weighted by Crippen LogP contribution is -2.46. The Balaban J connectivity index is 1.77. The Morgan fingerprint density at radius 3 is 2.45 bits per heavy atom. The minimum absolute atomic E-state index is 0.127. The van der Waals surface area contributed by atoms with Gasteiger partial charge in [0.15, 0.2) is 0 Å². The first-order valence-electron chi connectivity index (χ1n) is 11.5. The smallest absolute Gasteiger partial charge is 0.407 e. The molecule has 0 spiro atoms. The fourth-order valence-corrected chi connectivity index (χ4v) is 5.47. The van der Waals surface area contributed by atoms with Gasteiger partial charge < -0.3 is 21.1 Å². The van der Waals surface area contributed by atoms with E-state index in [9.17, 15) is 14.0 Å². The molecule has 3 rings (SSSR count). The zero-order valence-corrected chi connectivity index (χ0v) is 21.2. The van der Waals surface area contributed by atoms with Crippen molar-refractivity contribution in [2.24, 2.45) is 17.1 Å². The lowest BCUT2D eigenvalue weighted by atomic mass is 9.76. The second-order valence-electron chi connectivity index (χ2n) is 10.6. The minimum Gasteiger partial charge on any atom is -0.444 e. The molecular weight excluding hydrogens is 468 g/mol. The van der Waals surface area contributed by atoms with E-state index in [1.165, 1.54) is 12.1 Å².